The van der Waals surface area contributed by atoms with Gasteiger partial charge >= 0.3 is 17.2 Å². The highest BCUT2D eigenvalue weighted by Gasteiger charge is 2.60. The summed E-state index contributed by atoms with van der Waals surface area (Å²) in [6, 6.07) is 8.51. The fourth-order valence-electron chi connectivity index (χ4n) is 5.08. The molecule has 2 aliphatic rings. The molecule has 216 valence electrons. The van der Waals surface area contributed by atoms with E-state index in [-0.39, 0.29) is 5.03 Å². The maximum Gasteiger partial charge on any atom is 0.418 e. The lowest BCUT2D eigenvalue weighted by Gasteiger charge is -2.36. The van der Waals surface area contributed by atoms with E-state index in [0.717, 1.165) is 52.7 Å². The minimum atomic E-state index is -4.84. The van der Waals surface area contributed by atoms with Crippen LogP contribution in [0.1, 0.15) is 29.9 Å². The second-order valence-electron chi connectivity index (χ2n) is 9.94. The number of carbonyl (C=O) groups is 3. The molecule has 2 aromatic carbocycles. The Morgan fingerprint density at radius 1 is 0.902 bits per heavy atom. The minimum absolute atomic E-state index is 0.151. The molecule has 0 aliphatic carbocycles. The highest BCUT2D eigenvalue weighted by Crippen LogP contribution is 2.55. The first-order valence-corrected chi connectivity index (χ1v) is 13.6. The first-order valence-electron chi connectivity index (χ1n) is 11.9. The standard InChI is InChI=1S/C26H19F6N3O4S2/c1-24(2)17-18(21(38)35(20(17)37)15-10-6-4-8-13(15)26(30,31)32)40-22-19(24)41-23(39)34(22)11-16(36)33-14-9-5-3-7-12(14)25(27,28)29/h3-10,17-18H,11H2,1-2H3,(H,33,36)/t17-,18+/m1/s1. The lowest BCUT2D eigenvalue weighted by Crippen LogP contribution is -2.42. The van der Waals surface area contributed by atoms with E-state index in [0.29, 0.717) is 21.1 Å². The number of thiazole rings is 1. The van der Waals surface area contributed by atoms with Gasteiger partial charge in [0, 0.05) is 10.3 Å². The molecule has 1 saturated heterocycles. The van der Waals surface area contributed by atoms with Crippen LogP contribution in [0.3, 0.4) is 0 Å². The van der Waals surface area contributed by atoms with E-state index in [2.05, 4.69) is 5.32 Å². The van der Waals surface area contributed by atoms with Gasteiger partial charge in [-0.15, -0.1) is 0 Å². The van der Waals surface area contributed by atoms with Gasteiger partial charge in [0.15, 0.2) is 0 Å². The number of rotatable bonds is 4. The van der Waals surface area contributed by atoms with E-state index >= 15 is 0 Å². The van der Waals surface area contributed by atoms with E-state index in [4.69, 9.17) is 0 Å². The summed E-state index contributed by atoms with van der Waals surface area (Å²) >= 11 is 1.48. The van der Waals surface area contributed by atoms with Crippen LogP contribution in [-0.2, 0) is 38.7 Å². The van der Waals surface area contributed by atoms with E-state index < -0.39 is 80.6 Å². The molecule has 1 N–H and O–H groups in total. The van der Waals surface area contributed by atoms with Crippen molar-refractivity contribution in [1.82, 2.24) is 4.57 Å². The van der Waals surface area contributed by atoms with Crippen LogP contribution in [0.25, 0.3) is 0 Å². The molecule has 0 radical (unpaired) electrons. The summed E-state index contributed by atoms with van der Waals surface area (Å²) in [6.45, 7) is 2.46. The molecular weight excluding hydrogens is 596 g/mol. The Morgan fingerprint density at radius 2 is 1.49 bits per heavy atom. The Hall–Kier alpha value is -3.59. The quantitative estimate of drug-likeness (QED) is 0.308. The number of para-hydroxylation sites is 2. The number of thioether (sulfide) groups is 1. The molecule has 3 amide bonds. The number of alkyl halides is 6. The molecule has 2 atom stereocenters. The second kappa shape index (κ2) is 9.76. The molecule has 1 aromatic heterocycles. The van der Waals surface area contributed by atoms with E-state index in [1.165, 1.54) is 12.1 Å². The molecular formula is C26H19F6N3O4S2. The molecule has 0 unspecified atom stereocenters. The number of nitrogens with one attached hydrogen (secondary N) is 1. The summed E-state index contributed by atoms with van der Waals surface area (Å²) < 4.78 is 82.2. The number of hydrogen-bond donors (Lipinski definition) is 1. The minimum Gasteiger partial charge on any atom is -0.324 e. The van der Waals surface area contributed by atoms with Gasteiger partial charge in [-0.2, -0.15) is 26.3 Å². The van der Waals surface area contributed by atoms with Crippen LogP contribution in [0, 0.1) is 5.92 Å². The molecule has 3 aromatic rings. The molecule has 7 nitrogen and oxygen atoms in total. The third-order valence-corrected chi connectivity index (χ3v) is 9.79. The van der Waals surface area contributed by atoms with Crippen molar-refractivity contribution >= 4 is 52.2 Å². The van der Waals surface area contributed by atoms with Crippen molar-refractivity contribution in [2.24, 2.45) is 5.92 Å². The Labute approximate surface area is 236 Å². The Morgan fingerprint density at radius 3 is 2.12 bits per heavy atom. The molecule has 2 aliphatic heterocycles. The van der Waals surface area contributed by atoms with Crippen molar-refractivity contribution in [2.45, 2.75) is 48.4 Å². The summed E-state index contributed by atoms with van der Waals surface area (Å²) in [7, 11) is 0. The number of nitrogens with zero attached hydrogens (tertiary/aromatic N) is 2. The molecule has 15 heteroatoms. The normalized spacial score (nSPS) is 20.1. The van der Waals surface area contributed by atoms with Gasteiger partial charge in [0.1, 0.15) is 11.8 Å². The summed E-state index contributed by atoms with van der Waals surface area (Å²) in [6.07, 6.45) is -9.59. The summed E-state index contributed by atoms with van der Waals surface area (Å²) in [5, 5.41) is 1.10. The largest absolute Gasteiger partial charge is 0.418 e. The van der Waals surface area contributed by atoms with Crippen molar-refractivity contribution in [1.29, 1.82) is 0 Å². The summed E-state index contributed by atoms with van der Waals surface area (Å²) in [5.41, 5.74) is -4.56. The van der Waals surface area contributed by atoms with Crippen LogP contribution >= 0.6 is 23.1 Å². The van der Waals surface area contributed by atoms with E-state index in [1.54, 1.807) is 13.8 Å². The Kier molecular flexibility index (Phi) is 6.88. The SMILES string of the molecule is CC1(C)c2sc(=O)n(CC(=O)Nc3ccccc3C(F)(F)F)c2S[C@@H]2C(=O)N(c3ccccc3C(F)(F)F)C(=O)[C@@H]21. The fraction of sp³-hybridized carbons (Fsp3) is 0.308. The average molecular weight is 616 g/mol. The van der Waals surface area contributed by atoms with Crippen LogP contribution in [0.2, 0.25) is 0 Å². The van der Waals surface area contributed by atoms with Gasteiger partial charge in [0.2, 0.25) is 17.7 Å². The van der Waals surface area contributed by atoms with Gasteiger partial charge in [-0.1, -0.05) is 61.2 Å². The molecule has 41 heavy (non-hydrogen) atoms. The highest BCUT2D eigenvalue weighted by atomic mass is 32.2. The fourth-order valence-corrected chi connectivity index (χ4v) is 8.12. The number of benzene rings is 2. The number of fused-ring (bicyclic) bond motifs is 2. The molecule has 5 rings (SSSR count). The zero-order chi connectivity index (χ0) is 30.1. The first kappa shape index (κ1) is 28.9. The van der Waals surface area contributed by atoms with E-state index in [1.807, 2.05) is 0 Å². The van der Waals surface area contributed by atoms with Crippen LogP contribution in [0.5, 0.6) is 0 Å². The predicted octanol–water partition coefficient (Wildman–Crippen LogP) is 5.53. The predicted molar refractivity (Wildman–Crippen MR) is 139 cm³/mol. The van der Waals surface area contributed by atoms with Crippen LogP contribution in [0.4, 0.5) is 37.7 Å². The average Bonchev–Trinajstić information content (AvgIpc) is 3.32. The molecule has 1 fully saturated rings. The van der Waals surface area contributed by atoms with Gasteiger partial charge in [-0.05, 0) is 24.3 Å². The molecule has 3 heterocycles. The number of carbonyl (C=O) groups excluding carboxylic acids is 3. The van der Waals surface area contributed by atoms with Gasteiger partial charge < -0.3 is 5.32 Å². The summed E-state index contributed by atoms with van der Waals surface area (Å²) in [4.78, 5) is 53.0. The number of halogens is 6. The first-order chi connectivity index (χ1) is 19.0. The maximum atomic E-state index is 13.7. The third kappa shape index (κ3) is 4.84. The van der Waals surface area contributed by atoms with Crippen molar-refractivity contribution in [3.05, 3.63) is 74.2 Å². The number of anilines is 2. The Balaban J connectivity index is 1.49. The Bertz CT molecular complexity index is 1640. The van der Waals surface area contributed by atoms with E-state index in [9.17, 15) is 45.5 Å². The van der Waals surface area contributed by atoms with Crippen molar-refractivity contribution < 1.29 is 40.7 Å². The van der Waals surface area contributed by atoms with Gasteiger partial charge in [0.05, 0.1) is 33.4 Å². The van der Waals surface area contributed by atoms with Crippen LogP contribution < -0.4 is 15.1 Å². The van der Waals surface area contributed by atoms with Crippen molar-refractivity contribution in [3.63, 3.8) is 0 Å². The zero-order valence-corrected chi connectivity index (χ0v) is 22.7. The number of hydrogen-bond acceptors (Lipinski definition) is 6. The van der Waals surface area contributed by atoms with Crippen LogP contribution in [0.15, 0.2) is 58.4 Å². The highest BCUT2D eigenvalue weighted by molar-refractivity contribution is 8.00. The van der Waals surface area contributed by atoms with Crippen molar-refractivity contribution in [3.8, 4) is 0 Å². The van der Waals surface area contributed by atoms with Gasteiger partial charge in [-0.25, -0.2) is 4.90 Å². The topological polar surface area (TPSA) is 88.5 Å². The summed E-state index contributed by atoms with van der Waals surface area (Å²) in [5.74, 6) is -3.82. The number of imide groups is 1. The zero-order valence-electron chi connectivity index (χ0n) is 21.1. The third-order valence-electron chi connectivity index (χ3n) is 6.96. The van der Waals surface area contributed by atoms with Crippen LogP contribution in [-0.4, -0.2) is 27.5 Å². The maximum absolute atomic E-state index is 13.7. The number of amides is 3. The monoisotopic (exact) mass is 615 g/mol. The molecule has 0 saturated carbocycles. The lowest BCUT2D eigenvalue weighted by atomic mass is 9.76. The van der Waals surface area contributed by atoms with Gasteiger partial charge in [-0.3, -0.25) is 23.7 Å². The van der Waals surface area contributed by atoms with Gasteiger partial charge in [0.25, 0.3) is 0 Å². The lowest BCUT2D eigenvalue weighted by molar-refractivity contribution is -0.138. The molecule has 0 spiro atoms. The number of aromatic nitrogens is 1. The van der Waals surface area contributed by atoms with Crippen molar-refractivity contribution in [2.75, 3.05) is 10.2 Å². The smallest absolute Gasteiger partial charge is 0.324 e. The molecule has 0 bridgehead atoms. The second-order valence-corrected chi connectivity index (χ2v) is 12.0.